The van der Waals surface area contributed by atoms with Gasteiger partial charge in [-0.25, -0.2) is 0 Å². The van der Waals surface area contributed by atoms with E-state index in [-0.39, 0.29) is 17.9 Å². The Bertz CT molecular complexity index is 443. The molecule has 1 saturated carbocycles. The second-order valence-electron chi connectivity index (χ2n) is 5.95. The molecule has 0 saturated heterocycles. The van der Waals surface area contributed by atoms with Crippen LogP contribution in [0, 0.1) is 5.92 Å². The van der Waals surface area contributed by atoms with Crippen molar-refractivity contribution in [1.29, 1.82) is 0 Å². The molecule has 1 aliphatic rings. The van der Waals surface area contributed by atoms with E-state index in [1.54, 1.807) is 6.33 Å². The average molecular weight is 279 g/mol. The molecule has 3 N–H and O–H groups in total. The number of carbonyl (C=O) groups excluding carboxylic acids is 1. The molecule has 20 heavy (non-hydrogen) atoms. The van der Waals surface area contributed by atoms with Crippen LogP contribution in [0.2, 0.25) is 0 Å². The van der Waals surface area contributed by atoms with Gasteiger partial charge in [0.15, 0.2) is 0 Å². The maximum atomic E-state index is 12.1. The van der Waals surface area contributed by atoms with Gasteiger partial charge in [-0.05, 0) is 19.3 Å². The first kappa shape index (κ1) is 15.0. The van der Waals surface area contributed by atoms with E-state index in [0.717, 1.165) is 31.5 Å². The molecule has 0 spiro atoms. The minimum Gasteiger partial charge on any atom is -0.354 e. The molecule has 1 aromatic rings. The van der Waals surface area contributed by atoms with E-state index in [4.69, 9.17) is 5.73 Å². The summed E-state index contributed by atoms with van der Waals surface area (Å²) in [7, 11) is 0. The highest BCUT2D eigenvalue weighted by Gasteiger charge is 2.24. The molecule has 6 heteroatoms. The molecule has 1 aliphatic carbocycles. The van der Waals surface area contributed by atoms with Crippen LogP contribution in [0.4, 0.5) is 0 Å². The van der Waals surface area contributed by atoms with Crippen molar-refractivity contribution in [1.82, 2.24) is 20.1 Å². The summed E-state index contributed by atoms with van der Waals surface area (Å²) in [5, 5.41) is 11.0. The van der Waals surface area contributed by atoms with Crippen molar-refractivity contribution in [2.45, 2.75) is 58.0 Å². The Balaban J connectivity index is 1.77. The molecule has 2 atom stereocenters. The van der Waals surface area contributed by atoms with Crippen LogP contribution in [-0.4, -0.2) is 33.3 Å². The quantitative estimate of drug-likeness (QED) is 0.843. The standard InChI is InChI=1S/C14H25N5O/c1-10(2)13-18-17-9-19(13)7-6-16-14(20)11-4-3-5-12(15)8-11/h9-12H,3-8,15H2,1-2H3,(H,16,20). The Labute approximate surface area is 120 Å². The van der Waals surface area contributed by atoms with Crippen LogP contribution >= 0.6 is 0 Å². The number of nitrogens with one attached hydrogen (secondary N) is 1. The molecule has 0 aromatic carbocycles. The molecule has 1 heterocycles. The van der Waals surface area contributed by atoms with Crippen LogP contribution in [0.5, 0.6) is 0 Å². The Hall–Kier alpha value is -1.43. The van der Waals surface area contributed by atoms with Crippen molar-refractivity contribution in [3.05, 3.63) is 12.2 Å². The monoisotopic (exact) mass is 279 g/mol. The minimum atomic E-state index is 0.0873. The highest BCUT2D eigenvalue weighted by atomic mass is 16.1. The number of amides is 1. The summed E-state index contributed by atoms with van der Waals surface area (Å²) in [6, 6.07) is 0.185. The lowest BCUT2D eigenvalue weighted by Gasteiger charge is -2.25. The van der Waals surface area contributed by atoms with Gasteiger partial charge in [-0.2, -0.15) is 0 Å². The van der Waals surface area contributed by atoms with E-state index >= 15 is 0 Å². The molecular weight excluding hydrogens is 254 g/mol. The van der Waals surface area contributed by atoms with Gasteiger partial charge in [-0.15, -0.1) is 10.2 Å². The number of hydrogen-bond acceptors (Lipinski definition) is 4. The van der Waals surface area contributed by atoms with Crippen LogP contribution in [-0.2, 0) is 11.3 Å². The van der Waals surface area contributed by atoms with Crippen LogP contribution in [0.1, 0.15) is 51.3 Å². The molecule has 0 aliphatic heterocycles. The van der Waals surface area contributed by atoms with Crippen LogP contribution < -0.4 is 11.1 Å². The summed E-state index contributed by atoms with van der Waals surface area (Å²) >= 11 is 0. The minimum absolute atomic E-state index is 0.0873. The highest BCUT2D eigenvalue weighted by Crippen LogP contribution is 2.23. The van der Waals surface area contributed by atoms with Crippen molar-refractivity contribution in [2.75, 3.05) is 6.54 Å². The van der Waals surface area contributed by atoms with Crippen molar-refractivity contribution in [3.8, 4) is 0 Å². The lowest BCUT2D eigenvalue weighted by Crippen LogP contribution is -2.38. The van der Waals surface area contributed by atoms with Gasteiger partial charge in [0.2, 0.25) is 5.91 Å². The number of nitrogens with zero attached hydrogens (tertiary/aromatic N) is 3. The third-order valence-corrected chi connectivity index (χ3v) is 3.90. The summed E-state index contributed by atoms with van der Waals surface area (Å²) in [5.74, 6) is 1.52. The molecular formula is C14H25N5O. The number of rotatable bonds is 5. The summed E-state index contributed by atoms with van der Waals surface area (Å²) in [4.78, 5) is 12.1. The average Bonchev–Trinajstić information content (AvgIpc) is 2.87. The first-order valence-electron chi connectivity index (χ1n) is 7.49. The van der Waals surface area contributed by atoms with Gasteiger partial charge in [-0.1, -0.05) is 20.3 Å². The van der Waals surface area contributed by atoms with Crippen LogP contribution in [0.15, 0.2) is 6.33 Å². The SMILES string of the molecule is CC(C)c1nncn1CCNC(=O)C1CCCC(N)C1. The topological polar surface area (TPSA) is 85.8 Å². The van der Waals surface area contributed by atoms with Crippen molar-refractivity contribution in [3.63, 3.8) is 0 Å². The third-order valence-electron chi connectivity index (χ3n) is 3.90. The Morgan fingerprint density at radius 2 is 2.35 bits per heavy atom. The Kier molecular flexibility index (Phi) is 5.11. The molecule has 112 valence electrons. The van der Waals surface area contributed by atoms with Gasteiger partial charge < -0.3 is 15.6 Å². The van der Waals surface area contributed by atoms with E-state index in [0.29, 0.717) is 19.0 Å². The fraction of sp³-hybridized carbons (Fsp3) is 0.786. The molecule has 1 amide bonds. The molecule has 6 nitrogen and oxygen atoms in total. The zero-order chi connectivity index (χ0) is 14.5. The normalized spacial score (nSPS) is 23.0. The Morgan fingerprint density at radius 1 is 1.55 bits per heavy atom. The molecule has 2 rings (SSSR count). The van der Waals surface area contributed by atoms with E-state index < -0.39 is 0 Å². The van der Waals surface area contributed by atoms with Gasteiger partial charge in [0, 0.05) is 31.0 Å². The lowest BCUT2D eigenvalue weighted by molar-refractivity contribution is -0.126. The second-order valence-corrected chi connectivity index (χ2v) is 5.95. The number of aromatic nitrogens is 3. The van der Waals surface area contributed by atoms with Gasteiger partial charge in [0.05, 0.1) is 0 Å². The van der Waals surface area contributed by atoms with Gasteiger partial charge in [0.25, 0.3) is 0 Å². The summed E-state index contributed by atoms with van der Waals surface area (Å²) in [6.07, 6.45) is 5.60. The number of hydrogen-bond donors (Lipinski definition) is 2. The molecule has 2 unspecified atom stereocenters. The smallest absolute Gasteiger partial charge is 0.223 e. The second kappa shape index (κ2) is 6.83. The summed E-state index contributed by atoms with van der Waals surface area (Å²) in [5.41, 5.74) is 5.92. The molecule has 1 fully saturated rings. The van der Waals surface area contributed by atoms with Crippen LogP contribution in [0.3, 0.4) is 0 Å². The van der Waals surface area contributed by atoms with E-state index in [9.17, 15) is 4.79 Å². The predicted molar refractivity (Wildman–Crippen MR) is 77.1 cm³/mol. The van der Waals surface area contributed by atoms with Crippen molar-refractivity contribution < 1.29 is 4.79 Å². The largest absolute Gasteiger partial charge is 0.354 e. The van der Waals surface area contributed by atoms with Crippen molar-refractivity contribution >= 4 is 5.91 Å². The first-order chi connectivity index (χ1) is 9.58. The van der Waals surface area contributed by atoms with E-state index in [2.05, 4.69) is 29.4 Å². The molecule has 0 bridgehead atoms. The third kappa shape index (κ3) is 3.79. The predicted octanol–water partition coefficient (Wildman–Crippen LogP) is 1.04. The maximum Gasteiger partial charge on any atom is 0.223 e. The maximum absolute atomic E-state index is 12.1. The summed E-state index contributed by atoms with van der Waals surface area (Å²) < 4.78 is 2.00. The fourth-order valence-corrected chi connectivity index (χ4v) is 2.79. The zero-order valence-electron chi connectivity index (χ0n) is 12.4. The zero-order valence-corrected chi connectivity index (χ0v) is 12.4. The van der Waals surface area contributed by atoms with E-state index in [1.165, 1.54) is 0 Å². The Morgan fingerprint density at radius 3 is 3.05 bits per heavy atom. The van der Waals surface area contributed by atoms with Crippen molar-refractivity contribution in [2.24, 2.45) is 11.7 Å². The lowest BCUT2D eigenvalue weighted by atomic mass is 9.85. The number of carbonyl (C=O) groups is 1. The highest BCUT2D eigenvalue weighted by molar-refractivity contribution is 5.78. The van der Waals surface area contributed by atoms with Crippen LogP contribution in [0.25, 0.3) is 0 Å². The molecule has 1 aromatic heterocycles. The number of nitrogens with two attached hydrogens (primary N) is 1. The molecule has 0 radical (unpaired) electrons. The van der Waals surface area contributed by atoms with E-state index in [1.807, 2.05) is 4.57 Å². The summed E-state index contributed by atoms with van der Waals surface area (Å²) in [6.45, 7) is 5.50. The van der Waals surface area contributed by atoms with Gasteiger partial charge >= 0.3 is 0 Å². The van der Waals surface area contributed by atoms with Gasteiger partial charge in [-0.3, -0.25) is 4.79 Å². The first-order valence-corrected chi connectivity index (χ1v) is 7.49. The fourth-order valence-electron chi connectivity index (χ4n) is 2.79. The van der Waals surface area contributed by atoms with Gasteiger partial charge in [0.1, 0.15) is 12.2 Å².